The number of aromatic nitrogens is 1. The number of ketones is 1. The molecule has 0 saturated carbocycles. The van der Waals surface area contributed by atoms with E-state index in [4.69, 9.17) is 9.47 Å². The molecule has 0 spiro atoms. The lowest BCUT2D eigenvalue weighted by Crippen LogP contribution is -2.31. The Morgan fingerprint density at radius 2 is 1.86 bits per heavy atom. The molecule has 1 saturated heterocycles. The number of nitrogens with one attached hydrogen (secondary N) is 1. The second-order valence-electron chi connectivity index (χ2n) is 8.64. The molecule has 1 amide bonds. The maximum absolute atomic E-state index is 13.3. The Kier molecular flexibility index (Phi) is 6.28. The van der Waals surface area contributed by atoms with Crippen LogP contribution in [0.5, 0.6) is 11.5 Å². The summed E-state index contributed by atoms with van der Waals surface area (Å²) in [6.45, 7) is 2.28. The highest BCUT2D eigenvalue weighted by Gasteiger charge is 2.46. The molecule has 2 aromatic carbocycles. The first-order valence-corrected chi connectivity index (χ1v) is 12.4. The van der Waals surface area contributed by atoms with Crippen LogP contribution in [0, 0.1) is 6.92 Å². The number of methoxy groups -OCH3 is 2. The van der Waals surface area contributed by atoms with Gasteiger partial charge in [0.2, 0.25) is 0 Å². The van der Waals surface area contributed by atoms with E-state index < -0.39 is 17.7 Å². The number of thiophene rings is 1. The van der Waals surface area contributed by atoms with E-state index in [1.54, 1.807) is 23.1 Å². The van der Waals surface area contributed by atoms with Gasteiger partial charge in [-0.2, -0.15) is 0 Å². The summed E-state index contributed by atoms with van der Waals surface area (Å²) >= 11 is 1.47. The number of aliphatic hydroxyl groups is 1. The average molecular weight is 503 g/mol. The maximum Gasteiger partial charge on any atom is 0.295 e. The number of carbonyl (C=O) groups is 2. The highest BCUT2D eigenvalue weighted by atomic mass is 32.1. The number of Topliss-reactive ketones (excluding diaryl/α,β-unsaturated/α-hetero) is 1. The van der Waals surface area contributed by atoms with Gasteiger partial charge in [-0.05, 0) is 60.2 Å². The smallest absolute Gasteiger partial charge is 0.295 e. The zero-order valence-corrected chi connectivity index (χ0v) is 21.0. The lowest BCUT2D eigenvalue weighted by Gasteiger charge is -2.25. The fraction of sp³-hybridized carbons (Fsp3) is 0.214. The molecule has 36 heavy (non-hydrogen) atoms. The minimum atomic E-state index is -0.695. The summed E-state index contributed by atoms with van der Waals surface area (Å²) in [7, 11) is 3.02. The van der Waals surface area contributed by atoms with Crippen molar-refractivity contribution in [2.45, 2.75) is 19.4 Å². The van der Waals surface area contributed by atoms with Crippen LogP contribution in [0.3, 0.4) is 0 Å². The Hall–Kier alpha value is -4.04. The first-order valence-electron chi connectivity index (χ1n) is 11.5. The number of aryl methyl sites for hydroxylation is 1. The minimum absolute atomic E-state index is 0.0803. The average Bonchev–Trinajstić information content (AvgIpc) is 3.58. The Labute approximate surface area is 212 Å². The monoisotopic (exact) mass is 502 g/mol. The van der Waals surface area contributed by atoms with E-state index in [0.717, 1.165) is 26.9 Å². The fourth-order valence-corrected chi connectivity index (χ4v) is 5.81. The van der Waals surface area contributed by atoms with Crippen LogP contribution in [0.25, 0.3) is 16.7 Å². The molecule has 0 radical (unpaired) electrons. The highest BCUT2D eigenvalue weighted by Crippen LogP contribution is 2.43. The molecule has 1 aliphatic heterocycles. The van der Waals surface area contributed by atoms with Crippen molar-refractivity contribution in [1.82, 2.24) is 9.88 Å². The van der Waals surface area contributed by atoms with Crippen LogP contribution in [-0.4, -0.2) is 47.4 Å². The van der Waals surface area contributed by atoms with E-state index in [1.807, 2.05) is 48.8 Å². The number of para-hydroxylation sites is 1. The molecule has 8 heteroatoms. The number of hydrogen-bond donors (Lipinski definition) is 2. The molecular formula is C28H26N2O5S. The molecule has 0 bridgehead atoms. The molecule has 2 aromatic heterocycles. The van der Waals surface area contributed by atoms with Gasteiger partial charge in [-0.1, -0.05) is 18.2 Å². The number of aliphatic hydroxyl groups excluding tert-OH is 1. The van der Waals surface area contributed by atoms with E-state index in [1.165, 1.54) is 25.6 Å². The maximum atomic E-state index is 13.3. The summed E-state index contributed by atoms with van der Waals surface area (Å²) < 4.78 is 10.7. The fourth-order valence-electron chi connectivity index (χ4n) is 4.77. The van der Waals surface area contributed by atoms with Gasteiger partial charge in [0.15, 0.2) is 11.5 Å². The molecule has 184 valence electrons. The molecule has 0 aliphatic carbocycles. The number of fused-ring (bicyclic) bond motifs is 1. The van der Waals surface area contributed by atoms with Gasteiger partial charge in [0.1, 0.15) is 5.76 Å². The van der Waals surface area contributed by atoms with Gasteiger partial charge in [-0.3, -0.25) is 9.59 Å². The van der Waals surface area contributed by atoms with E-state index in [9.17, 15) is 14.7 Å². The van der Waals surface area contributed by atoms with Gasteiger partial charge >= 0.3 is 0 Å². The molecular weight excluding hydrogens is 476 g/mol. The molecule has 5 rings (SSSR count). The van der Waals surface area contributed by atoms with Crippen molar-refractivity contribution in [2.75, 3.05) is 20.8 Å². The summed E-state index contributed by atoms with van der Waals surface area (Å²) in [5, 5.41) is 14.4. The SMILES string of the molecule is COc1ccc(/C(O)=C2/C(=O)C(=O)N(CCc3c[nH]c4ccccc34)C2c2sccc2C)cc1OC. The number of rotatable bonds is 7. The van der Waals surface area contributed by atoms with E-state index >= 15 is 0 Å². The Balaban J connectivity index is 1.57. The van der Waals surface area contributed by atoms with E-state index in [-0.39, 0.29) is 11.3 Å². The third-order valence-corrected chi connectivity index (χ3v) is 7.72. The third kappa shape index (κ3) is 3.93. The number of carbonyl (C=O) groups excluding carboxylic acids is 2. The number of nitrogens with zero attached hydrogens (tertiary/aromatic N) is 1. The zero-order chi connectivity index (χ0) is 25.4. The topological polar surface area (TPSA) is 91.9 Å². The van der Waals surface area contributed by atoms with Gasteiger partial charge in [-0.15, -0.1) is 11.3 Å². The van der Waals surface area contributed by atoms with Crippen LogP contribution < -0.4 is 9.47 Å². The van der Waals surface area contributed by atoms with Gasteiger partial charge in [0.05, 0.1) is 25.8 Å². The zero-order valence-electron chi connectivity index (χ0n) is 20.2. The quantitative estimate of drug-likeness (QED) is 0.205. The van der Waals surface area contributed by atoms with Crippen LogP contribution in [0.4, 0.5) is 0 Å². The van der Waals surface area contributed by atoms with Gasteiger partial charge in [0.25, 0.3) is 11.7 Å². The number of likely N-dealkylation sites (tertiary alicyclic amines) is 1. The largest absolute Gasteiger partial charge is 0.507 e. The summed E-state index contributed by atoms with van der Waals surface area (Å²) in [6.07, 6.45) is 2.50. The first kappa shape index (κ1) is 23.7. The number of benzene rings is 2. The summed E-state index contributed by atoms with van der Waals surface area (Å²) in [6, 6.07) is 14.2. The van der Waals surface area contributed by atoms with Crippen molar-refractivity contribution >= 4 is 39.7 Å². The molecule has 1 fully saturated rings. The molecule has 1 atom stereocenters. The highest BCUT2D eigenvalue weighted by molar-refractivity contribution is 7.10. The first-order chi connectivity index (χ1) is 17.4. The molecule has 7 nitrogen and oxygen atoms in total. The second kappa shape index (κ2) is 9.54. The Morgan fingerprint density at radius 3 is 2.58 bits per heavy atom. The van der Waals surface area contributed by atoms with Crippen LogP contribution in [0.1, 0.15) is 27.6 Å². The normalized spacial score (nSPS) is 17.2. The number of aromatic amines is 1. The van der Waals surface area contributed by atoms with Gasteiger partial charge in [-0.25, -0.2) is 0 Å². The van der Waals surface area contributed by atoms with Crippen molar-refractivity contribution in [3.05, 3.63) is 87.2 Å². The molecule has 4 aromatic rings. The summed E-state index contributed by atoms with van der Waals surface area (Å²) in [5.74, 6) is -0.631. The summed E-state index contributed by atoms with van der Waals surface area (Å²) in [5.41, 5.74) is 3.50. The number of ether oxygens (including phenoxy) is 2. The minimum Gasteiger partial charge on any atom is -0.507 e. The predicted octanol–water partition coefficient (Wildman–Crippen LogP) is 5.22. The Bertz CT molecular complexity index is 1500. The van der Waals surface area contributed by atoms with Crippen molar-refractivity contribution in [3.8, 4) is 11.5 Å². The number of H-pyrrole nitrogens is 1. The third-order valence-electron chi connectivity index (χ3n) is 6.64. The van der Waals surface area contributed by atoms with Crippen molar-refractivity contribution in [2.24, 2.45) is 0 Å². The lowest BCUT2D eigenvalue weighted by molar-refractivity contribution is -0.139. The molecule has 2 N–H and O–H groups in total. The number of hydrogen-bond acceptors (Lipinski definition) is 6. The summed E-state index contributed by atoms with van der Waals surface area (Å²) in [4.78, 5) is 32.3. The molecule has 3 heterocycles. The van der Waals surface area contributed by atoms with Crippen molar-refractivity contribution in [3.63, 3.8) is 0 Å². The molecule has 1 unspecified atom stereocenters. The Morgan fingerprint density at radius 1 is 1.08 bits per heavy atom. The second-order valence-corrected chi connectivity index (χ2v) is 9.59. The van der Waals surface area contributed by atoms with Crippen LogP contribution >= 0.6 is 11.3 Å². The number of amides is 1. The van der Waals surface area contributed by atoms with E-state index in [0.29, 0.717) is 30.0 Å². The van der Waals surface area contributed by atoms with Crippen LogP contribution in [0.2, 0.25) is 0 Å². The van der Waals surface area contributed by atoms with Crippen molar-refractivity contribution in [1.29, 1.82) is 0 Å². The van der Waals surface area contributed by atoms with Crippen molar-refractivity contribution < 1.29 is 24.2 Å². The standard InChI is InChI=1S/C28H26N2O5S/c1-16-11-13-36-27(16)24-23(25(31)17-8-9-21(34-2)22(14-17)35-3)26(32)28(33)30(24)12-10-18-15-29-20-7-5-4-6-19(18)20/h4-9,11,13-15,24,29,31H,10,12H2,1-3H3/b25-23-. The molecule has 1 aliphatic rings. The lowest BCUT2D eigenvalue weighted by atomic mass is 9.98. The van der Waals surface area contributed by atoms with Crippen LogP contribution in [0.15, 0.2) is 65.7 Å². The van der Waals surface area contributed by atoms with Gasteiger partial charge < -0.3 is 24.5 Å². The predicted molar refractivity (Wildman–Crippen MR) is 140 cm³/mol. The van der Waals surface area contributed by atoms with Crippen LogP contribution in [-0.2, 0) is 16.0 Å². The van der Waals surface area contributed by atoms with Gasteiger partial charge in [0, 0.05) is 34.1 Å². The van der Waals surface area contributed by atoms with E-state index in [2.05, 4.69) is 4.98 Å².